The van der Waals surface area contributed by atoms with E-state index in [-0.39, 0.29) is 23.1 Å². The largest absolute Gasteiger partial charge is 0.493 e. The van der Waals surface area contributed by atoms with E-state index in [9.17, 15) is 9.59 Å². The van der Waals surface area contributed by atoms with Crippen molar-refractivity contribution < 1.29 is 23.7 Å². The molecule has 1 amide bonds. The SMILES string of the molecule is COc1ccc([C@H]2C(C(=O)Nc3ccccc3C)=C(C)N=c3s/c(=C\c4cc(Cl)c(OCc5ccc(Cl)cc5Cl)c(OC)c4)c(=O)n32)cc1OC. The number of carbonyl (C=O) groups excluding carboxylic acids is 1. The number of thiazole rings is 1. The number of fused-ring (bicyclic) bond motifs is 1. The number of carbonyl (C=O) groups is 1. The monoisotopic (exact) mass is 763 g/mol. The minimum Gasteiger partial charge on any atom is -0.493 e. The van der Waals surface area contributed by atoms with Gasteiger partial charge in [0.25, 0.3) is 11.5 Å². The van der Waals surface area contributed by atoms with Gasteiger partial charge in [-0.1, -0.05) is 76.5 Å². The molecule has 4 aromatic carbocycles. The van der Waals surface area contributed by atoms with E-state index in [0.29, 0.717) is 70.5 Å². The number of ether oxygens (including phenoxy) is 4. The molecule has 0 spiro atoms. The van der Waals surface area contributed by atoms with E-state index in [4.69, 9.17) is 58.7 Å². The molecule has 0 saturated heterocycles. The Balaban J connectivity index is 1.43. The van der Waals surface area contributed by atoms with Crippen LogP contribution in [0.5, 0.6) is 23.0 Å². The van der Waals surface area contributed by atoms with Gasteiger partial charge in [0.05, 0.1) is 48.2 Å². The van der Waals surface area contributed by atoms with Crippen LogP contribution in [0.2, 0.25) is 15.1 Å². The summed E-state index contributed by atoms with van der Waals surface area (Å²) in [6, 6.07) is 20.5. The summed E-state index contributed by atoms with van der Waals surface area (Å²) in [5.41, 5.74) is 3.93. The predicted molar refractivity (Wildman–Crippen MR) is 202 cm³/mol. The molecule has 5 aromatic rings. The number of para-hydroxylation sites is 1. The van der Waals surface area contributed by atoms with Crippen LogP contribution in [-0.4, -0.2) is 31.8 Å². The zero-order chi connectivity index (χ0) is 36.4. The van der Waals surface area contributed by atoms with E-state index in [1.807, 2.05) is 37.3 Å². The van der Waals surface area contributed by atoms with Gasteiger partial charge in [-0.3, -0.25) is 14.2 Å². The van der Waals surface area contributed by atoms with Crippen LogP contribution in [0.25, 0.3) is 6.08 Å². The van der Waals surface area contributed by atoms with Gasteiger partial charge in [-0.05, 0) is 79.1 Å². The fourth-order valence-electron chi connectivity index (χ4n) is 5.76. The van der Waals surface area contributed by atoms with Crippen molar-refractivity contribution in [1.82, 2.24) is 4.57 Å². The van der Waals surface area contributed by atoms with Crippen molar-refractivity contribution in [2.75, 3.05) is 26.6 Å². The first-order valence-corrected chi connectivity index (χ1v) is 17.5. The summed E-state index contributed by atoms with van der Waals surface area (Å²) in [6.07, 6.45) is 1.70. The third-order valence-corrected chi connectivity index (χ3v) is 10.2. The van der Waals surface area contributed by atoms with Crippen molar-refractivity contribution >= 4 is 63.8 Å². The lowest BCUT2D eigenvalue weighted by molar-refractivity contribution is -0.113. The Bertz CT molecular complexity index is 2390. The molecule has 0 radical (unpaired) electrons. The molecule has 1 atom stereocenters. The summed E-state index contributed by atoms with van der Waals surface area (Å²) in [5.74, 6) is 1.26. The van der Waals surface area contributed by atoms with Crippen molar-refractivity contribution in [1.29, 1.82) is 0 Å². The Morgan fingerprint density at radius 2 is 1.65 bits per heavy atom. The molecule has 0 aliphatic carbocycles. The molecule has 0 fully saturated rings. The Morgan fingerprint density at radius 3 is 2.35 bits per heavy atom. The Kier molecular flexibility index (Phi) is 10.8. The fourth-order valence-corrected chi connectivity index (χ4v) is 7.54. The number of nitrogens with zero attached hydrogens (tertiary/aromatic N) is 2. The molecule has 13 heteroatoms. The standard InChI is InChI=1S/C38H32Cl3N3O6S/c1-20-8-6-7-9-28(20)43-36(45)33-21(2)42-38-44(34(33)23-11-13-29(47-3)30(17-23)48-4)37(46)32(51-38)16-22-14-27(41)35(31(15-22)49-5)50-19-24-10-12-25(39)18-26(24)40/h6-18,34H,19H2,1-5H3,(H,43,45)/b32-16-/t34-/m0/s1. The number of hydrogen-bond donors (Lipinski definition) is 1. The van der Waals surface area contributed by atoms with Crippen LogP contribution in [0.3, 0.4) is 0 Å². The van der Waals surface area contributed by atoms with Gasteiger partial charge in [0.2, 0.25) is 0 Å². The predicted octanol–water partition coefficient (Wildman–Crippen LogP) is 7.75. The van der Waals surface area contributed by atoms with Gasteiger partial charge in [-0.25, -0.2) is 4.99 Å². The molecule has 1 aliphatic heterocycles. The van der Waals surface area contributed by atoms with Crippen molar-refractivity contribution in [3.05, 3.63) is 141 Å². The van der Waals surface area contributed by atoms with Crippen LogP contribution in [0.1, 0.15) is 35.2 Å². The summed E-state index contributed by atoms with van der Waals surface area (Å²) < 4.78 is 24.6. The molecule has 1 N–H and O–H groups in total. The number of amides is 1. The Hall–Kier alpha value is -4.74. The maximum absolute atomic E-state index is 14.3. The zero-order valence-electron chi connectivity index (χ0n) is 28.2. The van der Waals surface area contributed by atoms with Crippen molar-refractivity contribution in [2.45, 2.75) is 26.5 Å². The first-order chi connectivity index (χ1) is 24.5. The molecule has 262 valence electrons. The van der Waals surface area contributed by atoms with Gasteiger partial charge >= 0.3 is 0 Å². The van der Waals surface area contributed by atoms with Gasteiger partial charge in [-0.2, -0.15) is 0 Å². The summed E-state index contributed by atoms with van der Waals surface area (Å²) in [5, 5.41) is 4.27. The van der Waals surface area contributed by atoms with Gasteiger partial charge in [0.1, 0.15) is 6.61 Å². The topological polar surface area (TPSA) is 100 Å². The number of nitrogens with one attached hydrogen (secondary N) is 1. The van der Waals surface area contributed by atoms with Gasteiger partial charge < -0.3 is 24.3 Å². The lowest BCUT2D eigenvalue weighted by Crippen LogP contribution is -2.40. The quantitative estimate of drug-likeness (QED) is 0.156. The molecule has 0 bridgehead atoms. The minimum atomic E-state index is -0.833. The number of anilines is 1. The lowest BCUT2D eigenvalue weighted by atomic mass is 9.94. The minimum absolute atomic E-state index is 0.124. The highest BCUT2D eigenvalue weighted by Gasteiger charge is 2.33. The van der Waals surface area contributed by atoms with Gasteiger partial charge in [0.15, 0.2) is 27.8 Å². The number of halogens is 3. The van der Waals surface area contributed by atoms with Gasteiger partial charge in [0, 0.05) is 21.3 Å². The number of methoxy groups -OCH3 is 3. The fraction of sp³-hybridized carbons (Fsp3) is 0.184. The van der Waals surface area contributed by atoms with Crippen LogP contribution in [0.15, 0.2) is 93.9 Å². The first kappa shape index (κ1) is 36.1. The average molecular weight is 765 g/mol. The third kappa shape index (κ3) is 7.36. The van der Waals surface area contributed by atoms with Crippen molar-refractivity contribution in [3.63, 3.8) is 0 Å². The van der Waals surface area contributed by atoms with E-state index in [1.54, 1.807) is 62.6 Å². The Labute approximate surface area is 312 Å². The summed E-state index contributed by atoms with van der Waals surface area (Å²) in [7, 11) is 4.57. The number of benzene rings is 4. The Morgan fingerprint density at radius 1 is 0.902 bits per heavy atom. The highest BCUT2D eigenvalue weighted by Crippen LogP contribution is 2.39. The molecule has 51 heavy (non-hydrogen) atoms. The summed E-state index contributed by atoms with van der Waals surface area (Å²) in [4.78, 5) is 33.6. The second kappa shape index (κ2) is 15.2. The molecule has 9 nitrogen and oxygen atoms in total. The third-order valence-electron chi connectivity index (χ3n) is 8.32. The molecule has 0 saturated carbocycles. The highest BCUT2D eigenvalue weighted by atomic mass is 35.5. The first-order valence-electron chi connectivity index (χ1n) is 15.6. The molecule has 2 heterocycles. The number of allylic oxidation sites excluding steroid dienone is 1. The van der Waals surface area contributed by atoms with E-state index in [0.717, 1.165) is 11.1 Å². The van der Waals surface area contributed by atoms with Crippen molar-refractivity contribution in [3.8, 4) is 23.0 Å². The van der Waals surface area contributed by atoms with Crippen LogP contribution in [0.4, 0.5) is 5.69 Å². The molecule has 6 rings (SSSR count). The molecule has 0 unspecified atom stereocenters. The normalized spacial score (nSPS) is 14.1. The smallest absolute Gasteiger partial charge is 0.271 e. The maximum Gasteiger partial charge on any atom is 0.271 e. The van der Waals surface area contributed by atoms with E-state index in [1.165, 1.54) is 30.1 Å². The highest BCUT2D eigenvalue weighted by molar-refractivity contribution is 7.07. The van der Waals surface area contributed by atoms with Gasteiger partial charge in [-0.15, -0.1) is 0 Å². The molecule has 1 aromatic heterocycles. The van der Waals surface area contributed by atoms with Crippen molar-refractivity contribution in [2.24, 2.45) is 4.99 Å². The average Bonchev–Trinajstić information content (AvgIpc) is 3.41. The second-order valence-electron chi connectivity index (χ2n) is 11.5. The van der Waals surface area contributed by atoms with Crippen LogP contribution >= 0.6 is 46.1 Å². The summed E-state index contributed by atoms with van der Waals surface area (Å²) >= 11 is 20.3. The summed E-state index contributed by atoms with van der Waals surface area (Å²) in [6.45, 7) is 3.80. The number of aromatic nitrogens is 1. The molecular weight excluding hydrogens is 733 g/mol. The lowest BCUT2D eigenvalue weighted by Gasteiger charge is -2.26. The zero-order valence-corrected chi connectivity index (χ0v) is 31.3. The molecule has 1 aliphatic rings. The van der Waals surface area contributed by atoms with E-state index in [2.05, 4.69) is 5.32 Å². The van der Waals surface area contributed by atoms with Crippen LogP contribution in [0, 0.1) is 6.92 Å². The van der Waals surface area contributed by atoms with E-state index < -0.39 is 6.04 Å². The van der Waals surface area contributed by atoms with Crippen LogP contribution in [-0.2, 0) is 11.4 Å². The number of rotatable bonds is 10. The van der Waals surface area contributed by atoms with Crippen LogP contribution < -0.4 is 39.2 Å². The molecular formula is C38H32Cl3N3O6S. The number of hydrogen-bond acceptors (Lipinski definition) is 8. The number of aryl methyl sites for hydroxylation is 1. The van der Waals surface area contributed by atoms with E-state index >= 15 is 0 Å². The maximum atomic E-state index is 14.3. The second-order valence-corrected chi connectivity index (χ2v) is 13.8.